The molecule has 0 fully saturated rings. The molecule has 0 aliphatic carbocycles. The van der Waals surface area contributed by atoms with Crippen molar-refractivity contribution in [3.05, 3.63) is 30.3 Å². The quantitative estimate of drug-likeness (QED) is 0.322. The number of hydrogen-bond acceptors (Lipinski definition) is 2. The number of rotatable bonds is 0. The molecule has 5 nitrogen and oxygen atoms in total. The van der Waals surface area contributed by atoms with Crippen molar-refractivity contribution in [2.45, 2.75) is 0 Å². The van der Waals surface area contributed by atoms with E-state index in [1.807, 2.05) is 6.07 Å². The van der Waals surface area contributed by atoms with Crippen LogP contribution in [0.15, 0.2) is 30.3 Å². The van der Waals surface area contributed by atoms with E-state index in [-0.39, 0.29) is 57.1 Å². The van der Waals surface area contributed by atoms with Crippen LogP contribution in [-0.4, -0.2) is 14.7 Å². The summed E-state index contributed by atoms with van der Waals surface area (Å²) in [5.41, 5.74) is 0. The molecule has 0 atom stereocenters. The molecule has 0 amide bonds. The minimum absolute atomic E-state index is 0. The Kier molecular flexibility index (Phi) is 10.1. The van der Waals surface area contributed by atoms with Gasteiger partial charge in [0.25, 0.3) is 0 Å². The molecule has 68 valence electrons. The molecule has 0 saturated carbocycles. The molecule has 0 saturated heterocycles. The Hall–Kier alpha value is 0.766. The zero-order valence-electron chi connectivity index (χ0n) is 6.99. The molecule has 0 aliphatic heterocycles. The van der Waals surface area contributed by atoms with Crippen LogP contribution in [0.4, 0.5) is 0 Å². The SMILES string of the molecule is O=P(O)(O)O.[K+].[O-]c1ccccc1. The summed E-state index contributed by atoms with van der Waals surface area (Å²) in [7, 11) is -4.64. The van der Waals surface area contributed by atoms with Crippen molar-refractivity contribution in [1.29, 1.82) is 0 Å². The van der Waals surface area contributed by atoms with Crippen LogP contribution in [-0.2, 0) is 4.57 Å². The third kappa shape index (κ3) is 19.3. The normalized spacial score (nSPS) is 9.15. The van der Waals surface area contributed by atoms with Gasteiger partial charge in [0.05, 0.1) is 0 Å². The predicted octanol–water partition coefficient (Wildman–Crippen LogP) is -3.16. The molecule has 13 heavy (non-hydrogen) atoms. The molecule has 0 aliphatic rings. The number of para-hydroxylation sites is 1. The minimum atomic E-state index is -4.64. The zero-order valence-corrected chi connectivity index (χ0v) is 11.0. The third-order valence-electron chi connectivity index (χ3n) is 0.743. The average Bonchev–Trinajstić information content (AvgIpc) is 1.85. The van der Waals surface area contributed by atoms with Gasteiger partial charge in [0.15, 0.2) is 0 Å². The molecule has 1 aromatic carbocycles. The summed E-state index contributed by atoms with van der Waals surface area (Å²) in [5.74, 6) is 0.0718. The Morgan fingerprint density at radius 3 is 1.54 bits per heavy atom. The first-order valence-electron chi connectivity index (χ1n) is 2.90. The maximum Gasteiger partial charge on any atom is 1.00 e. The molecule has 1 rings (SSSR count). The van der Waals surface area contributed by atoms with Gasteiger partial charge in [0.2, 0.25) is 0 Å². The van der Waals surface area contributed by atoms with E-state index in [1.54, 1.807) is 12.1 Å². The molecular weight excluding hydrogens is 222 g/mol. The Morgan fingerprint density at radius 1 is 1.08 bits per heavy atom. The molecule has 7 heteroatoms. The van der Waals surface area contributed by atoms with E-state index < -0.39 is 7.82 Å². The van der Waals surface area contributed by atoms with Gasteiger partial charge in [0.1, 0.15) is 0 Å². The van der Waals surface area contributed by atoms with E-state index in [4.69, 9.17) is 19.2 Å². The Bertz CT molecular complexity index is 251. The largest absolute Gasteiger partial charge is 1.00 e. The van der Waals surface area contributed by atoms with E-state index >= 15 is 0 Å². The van der Waals surface area contributed by atoms with Crippen LogP contribution in [0.2, 0.25) is 0 Å². The minimum Gasteiger partial charge on any atom is -0.872 e. The molecule has 0 aromatic heterocycles. The summed E-state index contributed by atoms with van der Waals surface area (Å²) in [5, 5.41) is 10.3. The fourth-order valence-electron chi connectivity index (χ4n) is 0.420. The molecule has 0 unspecified atom stereocenters. The van der Waals surface area contributed by atoms with Gasteiger partial charge in [-0.05, 0) is 0 Å². The summed E-state index contributed by atoms with van der Waals surface area (Å²) in [6.45, 7) is 0. The van der Waals surface area contributed by atoms with Crippen molar-refractivity contribution in [1.82, 2.24) is 0 Å². The molecule has 0 heterocycles. The number of benzene rings is 1. The van der Waals surface area contributed by atoms with E-state index in [9.17, 15) is 5.11 Å². The summed E-state index contributed by atoms with van der Waals surface area (Å²) in [4.78, 5) is 21.6. The van der Waals surface area contributed by atoms with Crippen molar-refractivity contribution in [2.24, 2.45) is 0 Å². The summed E-state index contributed by atoms with van der Waals surface area (Å²) < 4.78 is 8.88. The van der Waals surface area contributed by atoms with Crippen LogP contribution < -0.4 is 56.5 Å². The van der Waals surface area contributed by atoms with Gasteiger partial charge in [-0.15, -0.1) is 5.75 Å². The van der Waals surface area contributed by atoms with Gasteiger partial charge >= 0.3 is 59.2 Å². The monoisotopic (exact) mass is 230 g/mol. The van der Waals surface area contributed by atoms with E-state index in [0.717, 1.165) is 0 Å². The van der Waals surface area contributed by atoms with Crippen LogP contribution in [0.3, 0.4) is 0 Å². The topological polar surface area (TPSA) is 101 Å². The van der Waals surface area contributed by atoms with Crippen LogP contribution in [0.25, 0.3) is 0 Å². The second-order valence-electron chi connectivity index (χ2n) is 1.83. The summed E-state index contributed by atoms with van der Waals surface area (Å²) in [6.07, 6.45) is 0. The maximum absolute atomic E-state index is 10.3. The molecule has 0 bridgehead atoms. The van der Waals surface area contributed by atoms with Crippen LogP contribution >= 0.6 is 7.82 Å². The van der Waals surface area contributed by atoms with E-state index in [1.165, 1.54) is 12.1 Å². The van der Waals surface area contributed by atoms with Crippen molar-refractivity contribution < 1.29 is 75.7 Å². The molecule has 3 N–H and O–H groups in total. The fraction of sp³-hybridized carbons (Fsp3) is 0. The van der Waals surface area contributed by atoms with Crippen molar-refractivity contribution in [3.8, 4) is 5.75 Å². The molecular formula is C6H8KO5P. The predicted molar refractivity (Wildman–Crippen MR) is 40.2 cm³/mol. The second kappa shape index (κ2) is 8.11. The van der Waals surface area contributed by atoms with Crippen LogP contribution in [0, 0.1) is 0 Å². The Morgan fingerprint density at radius 2 is 1.38 bits per heavy atom. The maximum atomic E-state index is 10.3. The van der Waals surface area contributed by atoms with Gasteiger partial charge in [-0.1, -0.05) is 30.3 Å². The van der Waals surface area contributed by atoms with E-state index in [0.29, 0.717) is 0 Å². The van der Waals surface area contributed by atoms with Gasteiger partial charge in [-0.2, -0.15) is 0 Å². The van der Waals surface area contributed by atoms with Crippen molar-refractivity contribution in [3.63, 3.8) is 0 Å². The van der Waals surface area contributed by atoms with Crippen molar-refractivity contribution >= 4 is 7.82 Å². The van der Waals surface area contributed by atoms with Gasteiger partial charge in [-0.25, -0.2) is 4.57 Å². The summed E-state index contributed by atoms with van der Waals surface area (Å²) in [6, 6.07) is 8.33. The first-order chi connectivity index (χ1) is 5.39. The van der Waals surface area contributed by atoms with E-state index in [2.05, 4.69) is 0 Å². The summed E-state index contributed by atoms with van der Waals surface area (Å²) >= 11 is 0. The Balaban J connectivity index is 0. The van der Waals surface area contributed by atoms with Gasteiger partial charge in [0, 0.05) is 0 Å². The fourth-order valence-corrected chi connectivity index (χ4v) is 0.420. The standard InChI is InChI=1S/C6H6O.K.H3O4P/c7-6-4-2-1-3-5-6;;1-5(2,3)4/h1-5,7H;;(H3,1,2,3,4)/q;+1;/p-1. The molecule has 0 spiro atoms. The molecule has 0 radical (unpaired) electrons. The van der Waals surface area contributed by atoms with Gasteiger partial charge < -0.3 is 19.8 Å². The van der Waals surface area contributed by atoms with Crippen LogP contribution in [0.1, 0.15) is 0 Å². The van der Waals surface area contributed by atoms with Crippen LogP contribution in [0.5, 0.6) is 5.75 Å². The first-order valence-corrected chi connectivity index (χ1v) is 4.46. The first kappa shape index (κ1) is 16.2. The Labute approximate surface area is 118 Å². The van der Waals surface area contributed by atoms with Gasteiger partial charge in [-0.3, -0.25) is 0 Å². The number of hydrogen-bond donors (Lipinski definition) is 3. The van der Waals surface area contributed by atoms with Crippen molar-refractivity contribution in [2.75, 3.05) is 0 Å². The third-order valence-corrected chi connectivity index (χ3v) is 0.743. The zero-order chi connectivity index (χ0) is 9.61. The number of phosphoric acid groups is 1. The second-order valence-corrected chi connectivity index (χ2v) is 2.85. The smallest absolute Gasteiger partial charge is 0.872 e. The molecule has 1 aromatic rings. The average molecular weight is 230 g/mol.